The van der Waals surface area contributed by atoms with Gasteiger partial charge in [0.15, 0.2) is 0 Å². The third kappa shape index (κ3) is 5.16. The fourth-order valence-electron chi connectivity index (χ4n) is 4.36. The molecule has 0 aromatic heterocycles. The maximum absolute atomic E-state index is 13.1. The molecule has 1 N–H and O–H groups in total. The van der Waals surface area contributed by atoms with Crippen molar-refractivity contribution in [3.8, 4) is 28.7 Å². The van der Waals surface area contributed by atoms with Crippen LogP contribution in [0.2, 0.25) is 0 Å². The van der Waals surface area contributed by atoms with Gasteiger partial charge >= 0.3 is 0 Å². The number of carbonyl (C=O) groups is 2. The van der Waals surface area contributed by atoms with Crippen LogP contribution < -0.4 is 9.47 Å². The second-order valence-electron chi connectivity index (χ2n) is 8.82. The van der Waals surface area contributed by atoms with Gasteiger partial charge in [0.1, 0.15) is 23.5 Å². The first-order chi connectivity index (χ1) is 17.3. The Morgan fingerprint density at radius 1 is 1.00 bits per heavy atom. The Morgan fingerprint density at radius 2 is 1.58 bits per heavy atom. The third-order valence-electron chi connectivity index (χ3n) is 6.44. The predicted octanol–water partition coefficient (Wildman–Crippen LogP) is 3.99. The minimum atomic E-state index is -1.07. The molecule has 1 saturated heterocycles. The summed E-state index contributed by atoms with van der Waals surface area (Å²) in [6, 6.07) is 23.6. The lowest BCUT2D eigenvalue weighted by Gasteiger charge is -2.29. The molecule has 0 bridgehead atoms. The van der Waals surface area contributed by atoms with Crippen LogP contribution in [0.5, 0.6) is 11.5 Å². The van der Waals surface area contributed by atoms with E-state index in [0.29, 0.717) is 40.7 Å². The fourth-order valence-corrected chi connectivity index (χ4v) is 4.36. The summed E-state index contributed by atoms with van der Waals surface area (Å²) in [7, 11) is 2.84. The van der Waals surface area contributed by atoms with Gasteiger partial charge in [-0.15, -0.1) is 0 Å². The number of carbonyl (C=O) groups excluding carboxylic acids is 2. The van der Waals surface area contributed by atoms with Gasteiger partial charge in [0.25, 0.3) is 11.8 Å². The topological polar surface area (TPSA) is 103 Å². The van der Waals surface area contributed by atoms with Gasteiger partial charge in [0.05, 0.1) is 18.7 Å². The Kier molecular flexibility index (Phi) is 7.23. The largest absolute Gasteiger partial charge is 0.497 e. The van der Waals surface area contributed by atoms with Crippen molar-refractivity contribution in [1.82, 2.24) is 9.96 Å². The van der Waals surface area contributed by atoms with E-state index in [1.807, 2.05) is 36.4 Å². The van der Waals surface area contributed by atoms with E-state index in [1.54, 1.807) is 48.4 Å². The van der Waals surface area contributed by atoms with Crippen LogP contribution in [0.1, 0.15) is 22.3 Å². The number of rotatable bonds is 7. The standard InChI is InChI=1S/C28H27N3O5/c1-30(34)27(33)28(15-16-31(18-28)26(32)23-9-11-24(35-2)12-10-23)19-36-25-13-7-22(8-14-25)21-5-3-20(17-29)4-6-21/h3-14,34H,15-16,18-19H2,1-2H3. The number of nitriles is 1. The molecule has 3 aromatic carbocycles. The van der Waals surface area contributed by atoms with Crippen molar-refractivity contribution in [3.63, 3.8) is 0 Å². The van der Waals surface area contributed by atoms with E-state index in [1.165, 1.54) is 7.05 Å². The Morgan fingerprint density at radius 3 is 2.14 bits per heavy atom. The molecule has 1 aliphatic heterocycles. The highest BCUT2D eigenvalue weighted by molar-refractivity contribution is 5.95. The average Bonchev–Trinajstić information content (AvgIpc) is 3.37. The zero-order valence-electron chi connectivity index (χ0n) is 20.2. The van der Waals surface area contributed by atoms with Gasteiger partial charge in [-0.25, -0.2) is 5.06 Å². The van der Waals surface area contributed by atoms with E-state index in [9.17, 15) is 14.8 Å². The molecule has 1 aliphatic rings. The molecule has 1 atom stereocenters. The lowest BCUT2D eigenvalue weighted by molar-refractivity contribution is -0.172. The Bertz CT molecular complexity index is 1260. The van der Waals surface area contributed by atoms with Crippen LogP contribution in [-0.4, -0.2) is 60.8 Å². The number of ether oxygens (including phenoxy) is 2. The molecular formula is C28H27N3O5. The van der Waals surface area contributed by atoms with E-state index >= 15 is 0 Å². The number of nitrogens with zero attached hydrogens (tertiary/aromatic N) is 3. The quantitative estimate of drug-likeness (QED) is 0.401. The van der Waals surface area contributed by atoms with E-state index in [-0.39, 0.29) is 19.1 Å². The molecule has 3 aromatic rings. The van der Waals surface area contributed by atoms with E-state index in [4.69, 9.17) is 14.7 Å². The van der Waals surface area contributed by atoms with Crippen molar-refractivity contribution in [1.29, 1.82) is 5.26 Å². The van der Waals surface area contributed by atoms with Crippen molar-refractivity contribution in [3.05, 3.63) is 83.9 Å². The van der Waals surface area contributed by atoms with Gasteiger partial charge < -0.3 is 14.4 Å². The first kappa shape index (κ1) is 24.8. The lowest BCUT2D eigenvalue weighted by Crippen LogP contribution is -2.47. The van der Waals surface area contributed by atoms with Crippen molar-refractivity contribution < 1.29 is 24.3 Å². The number of hydroxylamine groups is 2. The third-order valence-corrected chi connectivity index (χ3v) is 6.44. The molecule has 36 heavy (non-hydrogen) atoms. The van der Waals surface area contributed by atoms with Gasteiger partial charge in [-0.3, -0.25) is 14.8 Å². The van der Waals surface area contributed by atoms with Crippen molar-refractivity contribution in [2.45, 2.75) is 6.42 Å². The number of methoxy groups -OCH3 is 1. The molecule has 0 radical (unpaired) electrons. The highest BCUT2D eigenvalue weighted by Gasteiger charge is 2.48. The number of amides is 2. The molecular weight excluding hydrogens is 458 g/mol. The van der Waals surface area contributed by atoms with E-state index in [0.717, 1.165) is 11.1 Å². The van der Waals surface area contributed by atoms with Crippen molar-refractivity contribution in [2.24, 2.45) is 5.41 Å². The Balaban J connectivity index is 1.46. The second-order valence-corrected chi connectivity index (χ2v) is 8.82. The molecule has 1 fully saturated rings. The number of hydrogen-bond acceptors (Lipinski definition) is 6. The van der Waals surface area contributed by atoms with Crippen LogP contribution in [0, 0.1) is 16.7 Å². The molecule has 0 saturated carbocycles. The van der Waals surface area contributed by atoms with Gasteiger partial charge in [-0.05, 0) is 66.1 Å². The summed E-state index contributed by atoms with van der Waals surface area (Å²) in [6.07, 6.45) is 0.363. The molecule has 184 valence electrons. The van der Waals surface area contributed by atoms with Crippen LogP contribution in [0.15, 0.2) is 72.8 Å². The monoisotopic (exact) mass is 485 g/mol. The summed E-state index contributed by atoms with van der Waals surface area (Å²) < 4.78 is 11.1. The number of likely N-dealkylation sites (tertiary alicyclic amines) is 1. The smallest absolute Gasteiger partial charge is 0.257 e. The summed E-state index contributed by atoms with van der Waals surface area (Å²) in [5.74, 6) is 0.527. The first-order valence-corrected chi connectivity index (χ1v) is 11.5. The molecule has 0 spiro atoms. The van der Waals surface area contributed by atoms with Crippen LogP contribution in [0.25, 0.3) is 11.1 Å². The van der Waals surface area contributed by atoms with Gasteiger partial charge in [0.2, 0.25) is 0 Å². The highest BCUT2D eigenvalue weighted by atomic mass is 16.5. The Labute approximate surface area is 209 Å². The number of benzene rings is 3. The molecule has 2 amide bonds. The molecule has 1 heterocycles. The molecule has 1 unspecified atom stereocenters. The molecule has 8 heteroatoms. The van der Waals surface area contributed by atoms with Crippen LogP contribution in [0.3, 0.4) is 0 Å². The Hall–Kier alpha value is -4.35. The minimum absolute atomic E-state index is 0.0132. The maximum Gasteiger partial charge on any atom is 0.257 e. The highest BCUT2D eigenvalue weighted by Crippen LogP contribution is 2.34. The molecule has 4 rings (SSSR count). The van der Waals surface area contributed by atoms with Crippen LogP contribution in [0.4, 0.5) is 0 Å². The first-order valence-electron chi connectivity index (χ1n) is 11.5. The van der Waals surface area contributed by atoms with Crippen LogP contribution >= 0.6 is 0 Å². The van der Waals surface area contributed by atoms with Gasteiger partial charge in [0, 0.05) is 25.7 Å². The average molecular weight is 486 g/mol. The van der Waals surface area contributed by atoms with Crippen molar-refractivity contribution in [2.75, 3.05) is 33.9 Å². The zero-order valence-corrected chi connectivity index (χ0v) is 20.2. The summed E-state index contributed by atoms with van der Waals surface area (Å²) in [5, 5.41) is 19.5. The second kappa shape index (κ2) is 10.5. The zero-order chi connectivity index (χ0) is 25.7. The number of hydrogen-bond donors (Lipinski definition) is 1. The van der Waals surface area contributed by atoms with Crippen LogP contribution in [-0.2, 0) is 4.79 Å². The van der Waals surface area contributed by atoms with Gasteiger partial charge in [-0.2, -0.15) is 5.26 Å². The maximum atomic E-state index is 13.1. The summed E-state index contributed by atoms with van der Waals surface area (Å²) in [5.41, 5.74) is 1.95. The SMILES string of the molecule is COc1ccc(C(=O)N2CCC(COc3ccc(-c4ccc(C#N)cc4)cc3)(C(=O)N(C)O)C2)cc1. The summed E-state index contributed by atoms with van der Waals surface area (Å²) in [6.45, 7) is 0.510. The fraction of sp³-hybridized carbons (Fsp3) is 0.250. The summed E-state index contributed by atoms with van der Waals surface area (Å²) in [4.78, 5) is 27.7. The lowest BCUT2D eigenvalue weighted by atomic mass is 9.87. The summed E-state index contributed by atoms with van der Waals surface area (Å²) >= 11 is 0. The van der Waals surface area contributed by atoms with Gasteiger partial charge in [-0.1, -0.05) is 24.3 Å². The van der Waals surface area contributed by atoms with E-state index in [2.05, 4.69) is 6.07 Å². The molecule has 0 aliphatic carbocycles. The molecule has 8 nitrogen and oxygen atoms in total. The normalized spacial score (nSPS) is 16.8. The van der Waals surface area contributed by atoms with Crippen molar-refractivity contribution >= 4 is 11.8 Å². The minimum Gasteiger partial charge on any atom is -0.497 e. The predicted molar refractivity (Wildman–Crippen MR) is 133 cm³/mol. The van der Waals surface area contributed by atoms with E-state index < -0.39 is 11.3 Å².